The Hall–Kier alpha value is -2.44. The van der Waals surface area contributed by atoms with E-state index in [0.717, 1.165) is 13.0 Å². The quantitative estimate of drug-likeness (QED) is 0.189. The normalized spacial score (nSPS) is 18.2. The van der Waals surface area contributed by atoms with Gasteiger partial charge in [-0.2, -0.15) is 25.3 Å². The summed E-state index contributed by atoms with van der Waals surface area (Å²) in [5.41, 5.74) is 0.598. The smallest absolute Gasteiger partial charge is 0.326 e. The molecule has 10 nitrogen and oxygen atoms in total. The largest absolute Gasteiger partial charge is 0.508 e. The first kappa shape index (κ1) is 25.8. The Morgan fingerprint density at radius 2 is 1.53 bits per heavy atom. The highest BCUT2D eigenvalue weighted by molar-refractivity contribution is 7.80. The van der Waals surface area contributed by atoms with Crippen LogP contribution in [0.4, 0.5) is 0 Å². The van der Waals surface area contributed by atoms with Crippen LogP contribution in [0.25, 0.3) is 0 Å². The van der Waals surface area contributed by atoms with Crippen molar-refractivity contribution < 1.29 is 29.4 Å². The first-order valence-electron chi connectivity index (χ1n) is 10.1. The highest BCUT2D eigenvalue weighted by Crippen LogP contribution is 2.12. The van der Waals surface area contributed by atoms with E-state index in [0.29, 0.717) is 12.0 Å². The minimum Gasteiger partial charge on any atom is -0.508 e. The number of carboxylic acids is 1. The number of carboxylic acid groups (broad SMARTS) is 1. The number of phenols is 1. The summed E-state index contributed by atoms with van der Waals surface area (Å²) >= 11 is 8.20. The third-order valence-electron chi connectivity index (χ3n) is 5.00. The molecule has 4 atom stereocenters. The van der Waals surface area contributed by atoms with Crippen LogP contribution in [-0.4, -0.2) is 76.1 Å². The lowest BCUT2D eigenvalue weighted by Gasteiger charge is -2.23. The molecule has 0 bridgehead atoms. The average Bonchev–Trinajstić information content (AvgIpc) is 3.31. The maximum absolute atomic E-state index is 12.6. The zero-order chi connectivity index (χ0) is 23.7. The van der Waals surface area contributed by atoms with E-state index in [-0.39, 0.29) is 35.6 Å². The van der Waals surface area contributed by atoms with Gasteiger partial charge in [-0.15, -0.1) is 0 Å². The van der Waals surface area contributed by atoms with Gasteiger partial charge in [-0.05, 0) is 37.1 Å². The fourth-order valence-electron chi connectivity index (χ4n) is 3.18. The summed E-state index contributed by atoms with van der Waals surface area (Å²) in [6.45, 7) is 0.729. The van der Waals surface area contributed by atoms with Gasteiger partial charge in [0.1, 0.15) is 23.9 Å². The molecule has 12 heteroatoms. The number of hydrogen-bond acceptors (Lipinski definition) is 8. The van der Waals surface area contributed by atoms with Crippen LogP contribution < -0.4 is 21.3 Å². The van der Waals surface area contributed by atoms with Crippen LogP contribution in [0.2, 0.25) is 0 Å². The van der Waals surface area contributed by atoms with Crippen molar-refractivity contribution in [2.75, 3.05) is 18.1 Å². The zero-order valence-corrected chi connectivity index (χ0v) is 19.1. The fraction of sp³-hybridized carbons (Fsp3) is 0.500. The lowest BCUT2D eigenvalue weighted by molar-refractivity contribution is -0.142. The van der Waals surface area contributed by atoms with E-state index in [1.54, 1.807) is 12.1 Å². The summed E-state index contributed by atoms with van der Waals surface area (Å²) in [5, 5.41) is 29.4. The molecule has 1 aliphatic rings. The van der Waals surface area contributed by atoms with E-state index in [9.17, 15) is 29.4 Å². The van der Waals surface area contributed by atoms with Crippen molar-refractivity contribution in [1.29, 1.82) is 0 Å². The number of rotatable bonds is 11. The molecule has 3 amide bonds. The van der Waals surface area contributed by atoms with Crippen LogP contribution in [0.1, 0.15) is 18.4 Å². The number of nitrogens with one attached hydrogen (secondary N) is 4. The number of benzene rings is 1. The molecule has 1 saturated heterocycles. The van der Waals surface area contributed by atoms with Gasteiger partial charge in [0.25, 0.3) is 0 Å². The van der Waals surface area contributed by atoms with Crippen molar-refractivity contribution in [2.24, 2.45) is 0 Å². The van der Waals surface area contributed by atoms with Gasteiger partial charge in [0.2, 0.25) is 17.7 Å². The standard InChI is InChI=1S/C20H28N4O6S2/c25-12-5-3-11(4-6-12)8-14(20(29)30)22-18(27)15(9-31)24-19(28)16(10-32)23-17(26)13-2-1-7-21-13/h3-6,13-16,21,25,31-32H,1-2,7-10H2,(H,22,27)(H,23,26)(H,24,28)(H,29,30). The molecule has 1 aromatic rings. The number of aliphatic carboxylic acids is 1. The van der Waals surface area contributed by atoms with Gasteiger partial charge >= 0.3 is 5.97 Å². The van der Waals surface area contributed by atoms with Gasteiger partial charge in [0, 0.05) is 17.9 Å². The number of thiol groups is 2. The first-order valence-corrected chi connectivity index (χ1v) is 11.4. The Bertz CT molecular complexity index is 817. The Labute approximate surface area is 196 Å². The van der Waals surface area contributed by atoms with Crippen LogP contribution in [-0.2, 0) is 25.6 Å². The first-order chi connectivity index (χ1) is 15.2. The molecule has 0 aromatic heterocycles. The topological polar surface area (TPSA) is 157 Å². The van der Waals surface area contributed by atoms with Gasteiger partial charge in [-0.3, -0.25) is 14.4 Å². The van der Waals surface area contributed by atoms with Gasteiger partial charge in [-0.1, -0.05) is 12.1 Å². The van der Waals surface area contributed by atoms with Gasteiger partial charge < -0.3 is 31.5 Å². The van der Waals surface area contributed by atoms with Crippen LogP contribution in [0.3, 0.4) is 0 Å². The molecule has 1 heterocycles. The lowest BCUT2D eigenvalue weighted by Crippen LogP contribution is -2.58. The second-order valence-electron chi connectivity index (χ2n) is 7.41. The van der Waals surface area contributed by atoms with Crippen LogP contribution >= 0.6 is 25.3 Å². The number of amides is 3. The summed E-state index contributed by atoms with van der Waals surface area (Å²) < 4.78 is 0. The number of carbonyl (C=O) groups is 4. The molecular formula is C20H28N4O6S2. The third-order valence-corrected chi connectivity index (χ3v) is 5.73. The fourth-order valence-corrected chi connectivity index (χ4v) is 3.70. The average molecular weight is 485 g/mol. The maximum Gasteiger partial charge on any atom is 0.326 e. The predicted octanol–water partition coefficient (Wildman–Crippen LogP) is -0.915. The third kappa shape index (κ3) is 7.61. The van der Waals surface area contributed by atoms with Gasteiger partial charge in [0.15, 0.2) is 0 Å². The Kier molecular flexibility index (Phi) is 10.1. The molecule has 2 rings (SSSR count). The molecule has 0 saturated carbocycles. The van der Waals surface area contributed by atoms with E-state index < -0.39 is 35.9 Å². The van der Waals surface area contributed by atoms with Crippen LogP contribution in [0, 0.1) is 0 Å². The van der Waals surface area contributed by atoms with Crippen molar-refractivity contribution >= 4 is 48.9 Å². The molecule has 0 radical (unpaired) electrons. The predicted molar refractivity (Wildman–Crippen MR) is 124 cm³/mol. The molecule has 32 heavy (non-hydrogen) atoms. The monoisotopic (exact) mass is 484 g/mol. The van der Waals surface area contributed by atoms with E-state index in [1.807, 2.05) is 0 Å². The number of phenolic OH excluding ortho intramolecular Hbond substituents is 1. The van der Waals surface area contributed by atoms with Gasteiger partial charge in [0.05, 0.1) is 6.04 Å². The minimum atomic E-state index is -1.25. The molecule has 0 aliphatic carbocycles. The summed E-state index contributed by atoms with van der Waals surface area (Å²) in [4.78, 5) is 49.1. The van der Waals surface area contributed by atoms with Crippen molar-refractivity contribution in [3.05, 3.63) is 29.8 Å². The zero-order valence-electron chi connectivity index (χ0n) is 17.3. The molecule has 4 unspecified atom stereocenters. The molecule has 6 N–H and O–H groups in total. The van der Waals surface area contributed by atoms with E-state index in [2.05, 4.69) is 46.5 Å². The maximum atomic E-state index is 12.6. The highest BCUT2D eigenvalue weighted by atomic mass is 32.1. The minimum absolute atomic E-state index is 0.0156. The number of aromatic hydroxyl groups is 1. The summed E-state index contributed by atoms with van der Waals surface area (Å²) in [7, 11) is 0. The van der Waals surface area contributed by atoms with Crippen molar-refractivity contribution in [2.45, 2.75) is 43.4 Å². The SMILES string of the molecule is O=C(O)C(Cc1ccc(O)cc1)NC(=O)C(CS)NC(=O)C(CS)NC(=O)C1CCCN1. The number of carbonyl (C=O) groups excluding carboxylic acids is 3. The summed E-state index contributed by atoms with van der Waals surface area (Å²) in [6.07, 6.45) is 1.52. The van der Waals surface area contributed by atoms with Crippen molar-refractivity contribution in [3.63, 3.8) is 0 Å². The molecule has 0 spiro atoms. The van der Waals surface area contributed by atoms with E-state index in [1.165, 1.54) is 12.1 Å². The molecule has 176 valence electrons. The van der Waals surface area contributed by atoms with E-state index >= 15 is 0 Å². The summed E-state index contributed by atoms with van der Waals surface area (Å²) in [6, 6.07) is 2.24. The number of hydrogen-bond donors (Lipinski definition) is 8. The van der Waals surface area contributed by atoms with Gasteiger partial charge in [-0.25, -0.2) is 4.79 Å². The van der Waals surface area contributed by atoms with Crippen molar-refractivity contribution in [3.8, 4) is 5.75 Å². The summed E-state index contributed by atoms with van der Waals surface area (Å²) in [5.74, 6) is -2.93. The lowest BCUT2D eigenvalue weighted by atomic mass is 10.1. The molecular weight excluding hydrogens is 456 g/mol. The van der Waals surface area contributed by atoms with Crippen LogP contribution in [0.15, 0.2) is 24.3 Å². The Morgan fingerprint density at radius 3 is 2.03 bits per heavy atom. The Balaban J connectivity index is 1.96. The van der Waals surface area contributed by atoms with Crippen molar-refractivity contribution in [1.82, 2.24) is 21.3 Å². The second-order valence-corrected chi connectivity index (χ2v) is 8.14. The highest BCUT2D eigenvalue weighted by Gasteiger charge is 2.30. The van der Waals surface area contributed by atoms with E-state index in [4.69, 9.17) is 0 Å². The molecule has 1 aromatic carbocycles. The Morgan fingerprint density at radius 1 is 0.969 bits per heavy atom. The van der Waals surface area contributed by atoms with Crippen LogP contribution in [0.5, 0.6) is 5.75 Å². The second kappa shape index (κ2) is 12.6. The molecule has 1 fully saturated rings. The molecule has 1 aliphatic heterocycles.